The van der Waals surface area contributed by atoms with E-state index in [0.717, 1.165) is 28.7 Å². The van der Waals surface area contributed by atoms with E-state index in [4.69, 9.17) is 23.7 Å². The summed E-state index contributed by atoms with van der Waals surface area (Å²) in [5.74, 6) is 2.38. The Morgan fingerprint density at radius 3 is 2.67 bits per heavy atom. The van der Waals surface area contributed by atoms with Crippen LogP contribution in [0.1, 0.15) is 27.7 Å². The predicted octanol–water partition coefficient (Wildman–Crippen LogP) is 4.39. The lowest BCUT2D eigenvalue weighted by atomic mass is 10.3. The van der Waals surface area contributed by atoms with Crippen molar-refractivity contribution in [3.05, 3.63) is 18.2 Å². The molecule has 0 spiro atoms. The monoisotopic (exact) mass is 504 g/mol. The van der Waals surface area contributed by atoms with Crippen molar-refractivity contribution in [3.63, 3.8) is 0 Å². The van der Waals surface area contributed by atoms with Crippen LogP contribution in [0.15, 0.2) is 28.3 Å². The van der Waals surface area contributed by atoms with Crippen molar-refractivity contribution in [2.45, 2.75) is 44.1 Å². The number of carbonyl (C=O) groups is 1. The number of ether oxygens (including phenoxy) is 5. The molecule has 0 aromatic heterocycles. The van der Waals surface area contributed by atoms with Crippen molar-refractivity contribution in [1.82, 2.24) is 5.32 Å². The number of carbonyl (C=O) groups excluding carboxylic acids is 1. The Balaban J connectivity index is 0.000000389. The molecule has 1 aliphatic heterocycles. The zero-order valence-electron chi connectivity index (χ0n) is 20.3. The van der Waals surface area contributed by atoms with Crippen LogP contribution in [0.3, 0.4) is 0 Å². The van der Waals surface area contributed by atoms with Crippen LogP contribution >= 0.6 is 23.5 Å². The van der Waals surface area contributed by atoms with E-state index in [-0.39, 0.29) is 11.5 Å². The van der Waals surface area contributed by atoms with Gasteiger partial charge in [-0.2, -0.15) is 11.8 Å². The van der Waals surface area contributed by atoms with E-state index >= 15 is 0 Å². The van der Waals surface area contributed by atoms with Gasteiger partial charge in [0.05, 0.1) is 37.0 Å². The SMILES string of the molecule is CCOCCOCCOC(C)Oc1ccc2c(c1)SCO2.CNC(=O)O/N=C(/C)C(C)SC. The molecule has 2 unspecified atom stereocenters. The van der Waals surface area contributed by atoms with E-state index < -0.39 is 6.09 Å². The minimum atomic E-state index is -0.539. The summed E-state index contributed by atoms with van der Waals surface area (Å²) in [4.78, 5) is 16.2. The summed E-state index contributed by atoms with van der Waals surface area (Å²) < 4.78 is 27.2. The molecular weight excluding hydrogens is 468 g/mol. The zero-order chi connectivity index (χ0) is 24.5. The van der Waals surface area contributed by atoms with Crippen LogP contribution in [0.2, 0.25) is 0 Å². The van der Waals surface area contributed by atoms with Gasteiger partial charge < -0.3 is 29.0 Å². The molecule has 0 saturated carbocycles. The Kier molecular flexibility index (Phi) is 15.8. The Hall–Kier alpha value is -1.66. The van der Waals surface area contributed by atoms with Gasteiger partial charge in [-0.25, -0.2) is 4.79 Å². The van der Waals surface area contributed by atoms with Gasteiger partial charge in [0.1, 0.15) is 17.4 Å². The summed E-state index contributed by atoms with van der Waals surface area (Å²) >= 11 is 3.31. The average Bonchev–Trinajstić information content (AvgIpc) is 3.29. The van der Waals surface area contributed by atoms with Crippen molar-refractivity contribution in [3.8, 4) is 11.5 Å². The third-order valence-electron chi connectivity index (χ3n) is 4.22. The van der Waals surface area contributed by atoms with Crippen LogP contribution in [0.4, 0.5) is 4.79 Å². The van der Waals surface area contributed by atoms with Crippen LogP contribution in [0, 0.1) is 0 Å². The van der Waals surface area contributed by atoms with Crippen molar-refractivity contribution in [1.29, 1.82) is 0 Å². The topological polar surface area (TPSA) is 96.8 Å². The minimum Gasteiger partial charge on any atom is -0.481 e. The van der Waals surface area contributed by atoms with Gasteiger partial charge in [-0.15, -0.1) is 0 Å². The molecule has 11 heteroatoms. The van der Waals surface area contributed by atoms with Crippen LogP contribution < -0.4 is 14.8 Å². The third kappa shape index (κ3) is 13.0. The summed E-state index contributed by atoms with van der Waals surface area (Å²) in [5.41, 5.74) is 0.797. The van der Waals surface area contributed by atoms with Crippen molar-refractivity contribution < 1.29 is 33.3 Å². The first-order chi connectivity index (χ1) is 15.9. The number of fused-ring (bicyclic) bond motifs is 1. The molecule has 1 N–H and O–H groups in total. The summed E-state index contributed by atoms with van der Waals surface area (Å²) in [6.07, 6.45) is 1.12. The van der Waals surface area contributed by atoms with Gasteiger partial charge in [0.15, 0.2) is 6.29 Å². The third-order valence-corrected chi connectivity index (χ3v) is 6.13. The first-order valence-corrected chi connectivity index (χ1v) is 13.0. The Morgan fingerprint density at radius 1 is 1.24 bits per heavy atom. The molecule has 1 aliphatic rings. The number of rotatable bonds is 13. The van der Waals surface area contributed by atoms with E-state index in [1.54, 1.807) is 23.5 Å². The number of nitrogens with one attached hydrogen (secondary N) is 1. The van der Waals surface area contributed by atoms with E-state index in [9.17, 15) is 4.79 Å². The molecule has 33 heavy (non-hydrogen) atoms. The first-order valence-electron chi connectivity index (χ1n) is 10.7. The fourth-order valence-electron chi connectivity index (χ4n) is 2.22. The van der Waals surface area contributed by atoms with Gasteiger partial charge in [-0.1, -0.05) is 16.9 Å². The number of hydrogen-bond acceptors (Lipinski definition) is 10. The number of hydrogen-bond donors (Lipinski definition) is 1. The first kappa shape index (κ1) is 29.4. The smallest absolute Gasteiger partial charge is 0.433 e. The van der Waals surface area contributed by atoms with Crippen molar-refractivity contribution in [2.24, 2.45) is 5.16 Å². The fourth-order valence-corrected chi connectivity index (χ4v) is 3.38. The number of oxime groups is 1. The second-order valence-electron chi connectivity index (χ2n) is 6.62. The molecule has 1 aromatic carbocycles. The summed E-state index contributed by atoms with van der Waals surface area (Å²) in [5, 5.41) is 6.22. The van der Waals surface area contributed by atoms with Crippen LogP contribution in [-0.4, -0.2) is 75.6 Å². The average molecular weight is 505 g/mol. The van der Waals surface area contributed by atoms with Gasteiger partial charge >= 0.3 is 6.09 Å². The molecule has 0 bridgehead atoms. The standard InChI is InChI=1S/C15H22O5S.C7H14N2O2S/c1-3-16-6-7-17-8-9-18-12(2)20-13-4-5-14-15(10-13)21-11-19-14;1-5(6(2)12-4)9-11-7(10)8-3/h4-5,10,12H,3,6-9,11H2,1-2H3;6H,1-4H3,(H,8,10)/b;9-5-. The molecule has 9 nitrogen and oxygen atoms in total. The Bertz CT molecular complexity index is 722. The number of thioether (sulfide) groups is 2. The molecule has 0 aliphatic carbocycles. The number of nitrogens with zero attached hydrogens (tertiary/aromatic N) is 1. The molecule has 1 aromatic rings. The molecule has 2 rings (SSSR count). The lowest BCUT2D eigenvalue weighted by molar-refractivity contribution is -0.0859. The van der Waals surface area contributed by atoms with Gasteiger partial charge in [0, 0.05) is 18.9 Å². The van der Waals surface area contributed by atoms with E-state index in [1.807, 2.05) is 52.1 Å². The second-order valence-corrected chi connectivity index (χ2v) is 8.76. The highest BCUT2D eigenvalue weighted by Crippen LogP contribution is 2.38. The highest BCUT2D eigenvalue weighted by atomic mass is 32.2. The number of benzene rings is 1. The van der Waals surface area contributed by atoms with Gasteiger partial charge in [-0.05, 0) is 52.1 Å². The summed E-state index contributed by atoms with van der Waals surface area (Å²) in [6.45, 7) is 10.6. The largest absolute Gasteiger partial charge is 0.481 e. The molecule has 188 valence electrons. The van der Waals surface area contributed by atoms with Crippen LogP contribution in [0.25, 0.3) is 0 Å². The maximum atomic E-state index is 10.6. The number of amides is 1. The maximum absolute atomic E-state index is 10.6. The summed E-state index contributed by atoms with van der Waals surface area (Å²) in [7, 11) is 1.49. The predicted molar refractivity (Wildman–Crippen MR) is 133 cm³/mol. The minimum absolute atomic E-state index is 0.273. The maximum Gasteiger partial charge on any atom is 0.433 e. The molecule has 0 fully saturated rings. The van der Waals surface area contributed by atoms with E-state index in [0.29, 0.717) is 32.4 Å². The molecule has 2 atom stereocenters. The van der Waals surface area contributed by atoms with Crippen LogP contribution in [-0.2, 0) is 19.0 Å². The van der Waals surface area contributed by atoms with Gasteiger partial charge in [0.2, 0.25) is 0 Å². The second kappa shape index (κ2) is 17.8. The van der Waals surface area contributed by atoms with Gasteiger partial charge in [0.25, 0.3) is 0 Å². The normalized spacial score (nSPS) is 14.3. The van der Waals surface area contributed by atoms with Crippen LogP contribution in [0.5, 0.6) is 11.5 Å². The Labute approximate surface area is 205 Å². The molecule has 0 radical (unpaired) electrons. The highest BCUT2D eigenvalue weighted by Gasteiger charge is 2.14. The lowest BCUT2D eigenvalue weighted by Crippen LogP contribution is -2.19. The summed E-state index contributed by atoms with van der Waals surface area (Å²) in [6, 6.07) is 5.79. The Morgan fingerprint density at radius 2 is 1.97 bits per heavy atom. The molecule has 1 heterocycles. The van der Waals surface area contributed by atoms with E-state index in [1.165, 1.54) is 7.05 Å². The van der Waals surface area contributed by atoms with Crippen molar-refractivity contribution in [2.75, 3.05) is 52.3 Å². The molecule has 0 saturated heterocycles. The quantitative estimate of drug-likeness (QED) is 0.138. The van der Waals surface area contributed by atoms with E-state index in [2.05, 4.69) is 15.3 Å². The fraction of sp³-hybridized carbons (Fsp3) is 0.636. The molecular formula is C22H36N2O7S2. The van der Waals surface area contributed by atoms with Crippen molar-refractivity contribution >= 4 is 35.3 Å². The zero-order valence-corrected chi connectivity index (χ0v) is 21.9. The lowest BCUT2D eigenvalue weighted by Gasteiger charge is -2.16. The van der Waals surface area contributed by atoms with Gasteiger partial charge in [-0.3, -0.25) is 4.84 Å². The highest BCUT2D eigenvalue weighted by molar-refractivity contribution is 8.00. The molecule has 1 amide bonds.